The number of non-ortho nitro benzene ring substituents is 1. The molecule has 3 rings (SSSR count). The highest BCUT2D eigenvalue weighted by Crippen LogP contribution is 2.30. The topological polar surface area (TPSA) is 128 Å². The van der Waals surface area contributed by atoms with E-state index >= 15 is 0 Å². The quantitative estimate of drug-likeness (QED) is 0.505. The van der Waals surface area contributed by atoms with Crippen LogP contribution in [0.3, 0.4) is 0 Å². The van der Waals surface area contributed by atoms with Gasteiger partial charge in [0.15, 0.2) is 0 Å². The summed E-state index contributed by atoms with van der Waals surface area (Å²) >= 11 is 0. The van der Waals surface area contributed by atoms with Crippen molar-refractivity contribution in [2.45, 2.75) is 11.3 Å². The number of nitrogens with two attached hydrogens (primary N) is 1. The van der Waals surface area contributed by atoms with E-state index in [0.29, 0.717) is 18.4 Å². The zero-order valence-electron chi connectivity index (χ0n) is 13.6. The maximum absolute atomic E-state index is 11.3. The van der Waals surface area contributed by atoms with Crippen molar-refractivity contribution in [2.24, 2.45) is 5.14 Å². The summed E-state index contributed by atoms with van der Waals surface area (Å²) in [6, 6.07) is 11.2. The average Bonchev–Trinajstić information content (AvgIpc) is 2.61. The van der Waals surface area contributed by atoms with Gasteiger partial charge in [-0.15, -0.1) is 0 Å². The summed E-state index contributed by atoms with van der Waals surface area (Å²) in [6.45, 7) is 0.573. The van der Waals surface area contributed by atoms with E-state index in [1.165, 1.54) is 24.4 Å². The molecule has 0 bridgehead atoms. The monoisotopic (exact) mass is 372 g/mol. The molecule has 0 aliphatic heterocycles. The predicted octanol–water partition coefficient (Wildman–Crippen LogP) is 2.45. The lowest BCUT2D eigenvalue weighted by Gasteiger charge is -2.10. The first-order chi connectivity index (χ1) is 12.4. The maximum Gasteiger partial charge on any atom is 0.278 e. The number of sulfonamides is 1. The zero-order valence-corrected chi connectivity index (χ0v) is 14.4. The van der Waals surface area contributed by atoms with Crippen LogP contribution in [0.15, 0.2) is 59.8 Å². The first-order valence-corrected chi connectivity index (χ1v) is 9.27. The van der Waals surface area contributed by atoms with Crippen molar-refractivity contribution in [3.63, 3.8) is 0 Å². The second kappa shape index (κ2) is 7.06. The van der Waals surface area contributed by atoms with Gasteiger partial charge in [-0.2, -0.15) is 0 Å². The molecule has 0 radical (unpaired) electrons. The van der Waals surface area contributed by atoms with E-state index in [-0.39, 0.29) is 10.6 Å². The van der Waals surface area contributed by atoms with Gasteiger partial charge in [-0.3, -0.25) is 15.1 Å². The minimum absolute atomic E-state index is 0.0113. The number of nitrogens with zero attached hydrogens (tertiary/aromatic N) is 2. The van der Waals surface area contributed by atoms with Crippen LogP contribution in [0.25, 0.3) is 10.8 Å². The molecule has 1 heterocycles. The summed E-state index contributed by atoms with van der Waals surface area (Å²) in [5.41, 5.74) is 1.73. The predicted molar refractivity (Wildman–Crippen MR) is 98.4 cm³/mol. The second-order valence-corrected chi connectivity index (χ2v) is 7.24. The molecule has 0 saturated carbocycles. The van der Waals surface area contributed by atoms with Crippen molar-refractivity contribution in [2.75, 3.05) is 11.9 Å². The molecule has 0 aliphatic carbocycles. The van der Waals surface area contributed by atoms with Gasteiger partial charge in [-0.25, -0.2) is 13.6 Å². The van der Waals surface area contributed by atoms with Crippen LogP contribution in [-0.4, -0.2) is 24.9 Å². The molecule has 0 saturated heterocycles. The van der Waals surface area contributed by atoms with Crippen molar-refractivity contribution in [1.82, 2.24) is 4.98 Å². The van der Waals surface area contributed by atoms with Gasteiger partial charge in [0, 0.05) is 36.1 Å². The van der Waals surface area contributed by atoms with E-state index in [9.17, 15) is 18.5 Å². The summed E-state index contributed by atoms with van der Waals surface area (Å²) < 4.78 is 22.5. The molecule has 0 atom stereocenters. The summed E-state index contributed by atoms with van der Waals surface area (Å²) in [5, 5.41) is 20.7. The van der Waals surface area contributed by atoms with Gasteiger partial charge in [0.25, 0.3) is 5.69 Å². The molecule has 0 spiro atoms. The average molecular weight is 372 g/mol. The smallest absolute Gasteiger partial charge is 0.278 e. The number of primary sulfonamides is 1. The van der Waals surface area contributed by atoms with Gasteiger partial charge in [0.1, 0.15) is 0 Å². The maximum atomic E-state index is 11.3. The Morgan fingerprint density at radius 2 is 1.81 bits per heavy atom. The Hall–Kier alpha value is -3.04. The molecule has 0 fully saturated rings. The first-order valence-electron chi connectivity index (χ1n) is 7.73. The zero-order chi connectivity index (χ0) is 18.7. The second-order valence-electron chi connectivity index (χ2n) is 5.68. The molecule has 1 aromatic heterocycles. The Bertz CT molecular complexity index is 1070. The minimum Gasteiger partial charge on any atom is -0.384 e. The molecule has 8 nitrogen and oxygen atoms in total. The first kappa shape index (κ1) is 17.8. The Morgan fingerprint density at radius 1 is 1.08 bits per heavy atom. The van der Waals surface area contributed by atoms with Gasteiger partial charge in [-0.05, 0) is 36.2 Å². The highest BCUT2D eigenvalue weighted by molar-refractivity contribution is 7.89. The van der Waals surface area contributed by atoms with Crippen molar-refractivity contribution < 1.29 is 13.3 Å². The molecule has 0 aliphatic rings. The molecule has 3 N–H and O–H groups in total. The standard InChI is InChI=1S/C17H16N4O4S/c18-26(24,25)13-3-1-12(2-4-13)7-10-20-16-5-6-17(21(22)23)15-11-19-9-8-14(15)16/h1-6,8-9,11,20H,7,10H2,(H2,18,24,25). The van der Waals surface area contributed by atoms with Crippen molar-refractivity contribution in [3.8, 4) is 0 Å². The van der Waals surface area contributed by atoms with Gasteiger partial charge in [0.2, 0.25) is 10.0 Å². The number of pyridine rings is 1. The van der Waals surface area contributed by atoms with Crippen molar-refractivity contribution in [1.29, 1.82) is 0 Å². The van der Waals surface area contributed by atoms with E-state index < -0.39 is 14.9 Å². The van der Waals surface area contributed by atoms with Crippen LogP contribution in [0.2, 0.25) is 0 Å². The number of fused-ring (bicyclic) bond motifs is 1. The number of hydrogen-bond donors (Lipinski definition) is 2. The molecular formula is C17H16N4O4S. The SMILES string of the molecule is NS(=O)(=O)c1ccc(CCNc2ccc([N+](=O)[O-])c3cnccc23)cc1. The van der Waals surface area contributed by atoms with E-state index in [4.69, 9.17) is 5.14 Å². The van der Waals surface area contributed by atoms with E-state index in [2.05, 4.69) is 10.3 Å². The number of anilines is 1. The Balaban J connectivity index is 1.74. The summed E-state index contributed by atoms with van der Waals surface area (Å²) in [4.78, 5) is 14.7. The normalized spacial score (nSPS) is 11.4. The lowest BCUT2D eigenvalue weighted by Crippen LogP contribution is -2.12. The van der Waals surface area contributed by atoms with E-state index in [0.717, 1.165) is 16.6 Å². The van der Waals surface area contributed by atoms with Gasteiger partial charge < -0.3 is 5.32 Å². The number of rotatable bonds is 6. The number of nitrogens with one attached hydrogen (secondary N) is 1. The lowest BCUT2D eigenvalue weighted by molar-refractivity contribution is -0.383. The third kappa shape index (κ3) is 3.79. The van der Waals surface area contributed by atoms with Crippen LogP contribution in [0.5, 0.6) is 0 Å². The number of hydrogen-bond acceptors (Lipinski definition) is 6. The molecule has 0 amide bonds. The molecule has 0 unspecified atom stereocenters. The number of nitro benzene ring substituents is 1. The van der Waals surface area contributed by atoms with E-state index in [1.54, 1.807) is 30.5 Å². The van der Waals surface area contributed by atoms with E-state index in [1.807, 2.05) is 0 Å². The van der Waals surface area contributed by atoms with Crippen LogP contribution < -0.4 is 10.5 Å². The fourth-order valence-corrected chi connectivity index (χ4v) is 3.19. The number of aromatic nitrogens is 1. The Kier molecular flexibility index (Phi) is 4.83. The van der Waals surface area contributed by atoms with Crippen LogP contribution in [0.4, 0.5) is 11.4 Å². The Morgan fingerprint density at radius 3 is 2.46 bits per heavy atom. The van der Waals surface area contributed by atoms with Crippen molar-refractivity contribution in [3.05, 3.63) is 70.5 Å². The summed E-state index contributed by atoms with van der Waals surface area (Å²) in [5.74, 6) is 0. The minimum atomic E-state index is -3.70. The highest BCUT2D eigenvalue weighted by Gasteiger charge is 2.14. The number of nitro groups is 1. The third-order valence-corrected chi connectivity index (χ3v) is 4.90. The molecule has 3 aromatic rings. The third-order valence-electron chi connectivity index (χ3n) is 3.97. The molecular weight excluding hydrogens is 356 g/mol. The molecule has 26 heavy (non-hydrogen) atoms. The van der Waals surface area contributed by atoms with Gasteiger partial charge in [-0.1, -0.05) is 12.1 Å². The Labute approximate surface area is 149 Å². The van der Waals surface area contributed by atoms with Crippen LogP contribution in [0.1, 0.15) is 5.56 Å². The number of benzene rings is 2. The van der Waals surface area contributed by atoms with Crippen molar-refractivity contribution >= 4 is 32.2 Å². The molecule has 9 heteroatoms. The van der Waals surface area contributed by atoms with Crippen LogP contribution in [-0.2, 0) is 16.4 Å². The summed E-state index contributed by atoms with van der Waals surface area (Å²) in [6.07, 6.45) is 3.71. The summed E-state index contributed by atoms with van der Waals surface area (Å²) in [7, 11) is -3.70. The molecule has 134 valence electrons. The van der Waals surface area contributed by atoms with Crippen LogP contribution >= 0.6 is 0 Å². The van der Waals surface area contributed by atoms with Gasteiger partial charge in [0.05, 0.1) is 15.2 Å². The fraction of sp³-hybridized carbons (Fsp3) is 0.118. The highest BCUT2D eigenvalue weighted by atomic mass is 32.2. The van der Waals surface area contributed by atoms with Crippen LogP contribution in [0, 0.1) is 10.1 Å². The largest absolute Gasteiger partial charge is 0.384 e. The molecule has 2 aromatic carbocycles. The lowest BCUT2D eigenvalue weighted by atomic mass is 10.1. The van der Waals surface area contributed by atoms with Gasteiger partial charge >= 0.3 is 0 Å². The fourth-order valence-electron chi connectivity index (χ4n) is 2.68.